The van der Waals surface area contributed by atoms with Crippen LogP contribution in [0.25, 0.3) is 0 Å². The molecular formula is C28H44N2O4. The van der Waals surface area contributed by atoms with Crippen molar-refractivity contribution in [2.45, 2.75) is 115 Å². The van der Waals surface area contributed by atoms with Crippen LogP contribution in [-0.2, 0) is 15.9 Å². The van der Waals surface area contributed by atoms with Crippen molar-refractivity contribution in [3.63, 3.8) is 0 Å². The van der Waals surface area contributed by atoms with Crippen LogP contribution in [-0.4, -0.2) is 72.5 Å². The Morgan fingerprint density at radius 3 is 2.06 bits per heavy atom. The molecule has 1 aromatic carbocycles. The van der Waals surface area contributed by atoms with Crippen molar-refractivity contribution >= 4 is 6.09 Å². The molecule has 34 heavy (non-hydrogen) atoms. The van der Waals surface area contributed by atoms with Crippen LogP contribution in [0.1, 0.15) is 77.7 Å². The zero-order chi connectivity index (χ0) is 24.3. The van der Waals surface area contributed by atoms with E-state index in [2.05, 4.69) is 43.3 Å². The number of carbonyl (C=O) groups excluding carboxylic acids is 1. The predicted molar refractivity (Wildman–Crippen MR) is 134 cm³/mol. The maximum atomic E-state index is 12.7. The minimum Gasteiger partial charge on any atom is -0.490 e. The maximum Gasteiger partial charge on any atom is 0.410 e. The highest BCUT2D eigenvalue weighted by Gasteiger charge is 2.45. The van der Waals surface area contributed by atoms with Crippen LogP contribution in [0.3, 0.4) is 0 Å². The van der Waals surface area contributed by atoms with Gasteiger partial charge in [0.05, 0.1) is 18.3 Å². The molecule has 1 aromatic rings. The molecule has 3 aliphatic rings. The molecular weight excluding hydrogens is 428 g/mol. The highest BCUT2D eigenvalue weighted by atomic mass is 16.6. The number of amides is 1. The third-order valence-corrected chi connectivity index (χ3v) is 7.37. The van der Waals surface area contributed by atoms with Gasteiger partial charge in [-0.25, -0.2) is 4.79 Å². The Kier molecular flexibility index (Phi) is 8.08. The Balaban J connectivity index is 1.19. The number of hydrogen-bond donors (Lipinski definition) is 0. The zero-order valence-corrected chi connectivity index (χ0v) is 21.8. The van der Waals surface area contributed by atoms with Gasteiger partial charge in [0.15, 0.2) is 0 Å². The third kappa shape index (κ3) is 6.88. The molecule has 6 heteroatoms. The number of hydrogen-bond acceptors (Lipinski definition) is 5. The molecule has 1 aliphatic carbocycles. The van der Waals surface area contributed by atoms with E-state index in [-0.39, 0.29) is 30.4 Å². The standard InChI is InChI=1S/C28H44N2O4/c1-28(2,3)34-27(31)30-21-8-9-22(30)19-26(18-21)33-25-14-12-24(13-15-25)32-23-10-6-20(7-11-23)16-17-29(4)5/h6-7,10-11,21-22,24-26H,8-9,12-19H2,1-5H3/t21-,22+,24-,25-,26-. The summed E-state index contributed by atoms with van der Waals surface area (Å²) >= 11 is 0. The first kappa shape index (κ1) is 25.3. The largest absolute Gasteiger partial charge is 0.490 e. The molecule has 6 nitrogen and oxygen atoms in total. The Labute approximate surface area is 205 Å². The van der Waals surface area contributed by atoms with Gasteiger partial charge in [0, 0.05) is 18.6 Å². The summed E-state index contributed by atoms with van der Waals surface area (Å²) in [5, 5.41) is 0. The molecule has 1 amide bonds. The maximum absolute atomic E-state index is 12.7. The molecule has 2 heterocycles. The normalized spacial score (nSPS) is 29.4. The van der Waals surface area contributed by atoms with Crippen LogP contribution in [0, 0.1) is 0 Å². The highest BCUT2D eigenvalue weighted by Crippen LogP contribution is 2.39. The van der Waals surface area contributed by atoms with Crippen LogP contribution in [0.2, 0.25) is 0 Å². The smallest absolute Gasteiger partial charge is 0.410 e. The lowest BCUT2D eigenvalue weighted by molar-refractivity contribution is -0.0812. The first-order valence-corrected chi connectivity index (χ1v) is 13.2. The molecule has 190 valence electrons. The fraction of sp³-hybridized carbons (Fsp3) is 0.750. The topological polar surface area (TPSA) is 51.2 Å². The Hall–Kier alpha value is -1.79. The number of likely N-dealkylation sites (N-methyl/N-ethyl adjacent to an activating group) is 1. The predicted octanol–water partition coefficient (Wildman–Crippen LogP) is 5.43. The van der Waals surface area contributed by atoms with Crippen molar-refractivity contribution in [3.8, 4) is 5.75 Å². The van der Waals surface area contributed by atoms with Gasteiger partial charge in [-0.15, -0.1) is 0 Å². The SMILES string of the molecule is CN(C)CCc1ccc(O[C@H]2CC[C@H](O[C@@H]3C[C@H]4CC[C@@H](C3)N4C(=O)OC(C)(C)C)CC2)cc1. The minimum atomic E-state index is -0.446. The second kappa shape index (κ2) is 10.9. The van der Waals surface area contributed by atoms with Gasteiger partial charge in [0.1, 0.15) is 11.4 Å². The number of carbonyl (C=O) groups is 1. The average Bonchev–Trinajstić information content (AvgIpc) is 3.04. The van der Waals surface area contributed by atoms with Gasteiger partial charge >= 0.3 is 6.09 Å². The lowest BCUT2D eigenvalue weighted by Crippen LogP contribution is -2.50. The third-order valence-electron chi connectivity index (χ3n) is 7.37. The summed E-state index contributed by atoms with van der Waals surface area (Å²) in [6.45, 7) is 6.87. The van der Waals surface area contributed by atoms with E-state index >= 15 is 0 Å². The summed E-state index contributed by atoms with van der Waals surface area (Å²) < 4.78 is 18.5. The molecule has 2 aliphatic heterocycles. The van der Waals surface area contributed by atoms with Gasteiger partial charge in [-0.3, -0.25) is 0 Å². The van der Waals surface area contributed by atoms with Gasteiger partial charge in [-0.1, -0.05) is 12.1 Å². The van der Waals surface area contributed by atoms with Crippen LogP contribution in [0.15, 0.2) is 24.3 Å². The minimum absolute atomic E-state index is 0.151. The molecule has 2 bridgehead atoms. The van der Waals surface area contributed by atoms with Crippen LogP contribution in [0.5, 0.6) is 5.75 Å². The quantitative estimate of drug-likeness (QED) is 0.530. The van der Waals surface area contributed by atoms with Gasteiger partial charge < -0.3 is 24.0 Å². The molecule has 2 saturated heterocycles. The number of fused-ring (bicyclic) bond motifs is 2. The summed E-state index contributed by atoms with van der Waals surface area (Å²) in [6.07, 6.45) is 9.94. The Morgan fingerprint density at radius 2 is 1.50 bits per heavy atom. The van der Waals surface area contributed by atoms with E-state index < -0.39 is 5.60 Å². The Bertz CT molecular complexity index is 782. The number of ether oxygens (including phenoxy) is 3. The van der Waals surface area contributed by atoms with Gasteiger partial charge in [-0.05, 0) is 110 Å². The van der Waals surface area contributed by atoms with Gasteiger partial charge in [0.2, 0.25) is 0 Å². The highest BCUT2D eigenvalue weighted by molar-refractivity contribution is 5.69. The first-order valence-electron chi connectivity index (χ1n) is 13.2. The second-order valence-corrected chi connectivity index (χ2v) is 11.7. The average molecular weight is 473 g/mol. The summed E-state index contributed by atoms with van der Waals surface area (Å²) in [6, 6.07) is 9.12. The Morgan fingerprint density at radius 1 is 0.912 bits per heavy atom. The van der Waals surface area contributed by atoms with E-state index in [1.54, 1.807) is 0 Å². The van der Waals surface area contributed by atoms with Crippen molar-refractivity contribution in [3.05, 3.63) is 29.8 Å². The van der Waals surface area contributed by atoms with Gasteiger partial charge in [-0.2, -0.15) is 0 Å². The molecule has 1 saturated carbocycles. The molecule has 0 spiro atoms. The van der Waals surface area contributed by atoms with Crippen LogP contribution >= 0.6 is 0 Å². The number of piperidine rings is 1. The van der Waals surface area contributed by atoms with E-state index in [0.29, 0.717) is 6.10 Å². The van der Waals surface area contributed by atoms with Crippen molar-refractivity contribution in [1.29, 1.82) is 0 Å². The first-order chi connectivity index (χ1) is 16.2. The van der Waals surface area contributed by atoms with E-state index in [0.717, 1.165) is 70.1 Å². The molecule has 3 atom stereocenters. The monoisotopic (exact) mass is 472 g/mol. The lowest BCUT2D eigenvalue weighted by atomic mass is 9.93. The van der Waals surface area contributed by atoms with E-state index in [1.807, 2.05) is 25.7 Å². The van der Waals surface area contributed by atoms with E-state index in [1.165, 1.54) is 5.56 Å². The van der Waals surface area contributed by atoms with Crippen molar-refractivity contribution in [2.24, 2.45) is 0 Å². The summed E-state index contributed by atoms with van der Waals surface area (Å²) in [7, 11) is 4.21. The van der Waals surface area contributed by atoms with Gasteiger partial charge in [0.25, 0.3) is 0 Å². The summed E-state index contributed by atoms with van der Waals surface area (Å²) in [5.74, 6) is 0.976. The molecule has 0 N–H and O–H groups in total. The van der Waals surface area contributed by atoms with Crippen molar-refractivity contribution < 1.29 is 19.0 Å². The number of nitrogens with zero attached hydrogens (tertiary/aromatic N) is 2. The molecule has 0 unspecified atom stereocenters. The number of rotatable bonds is 7. The van der Waals surface area contributed by atoms with Crippen LogP contribution < -0.4 is 4.74 Å². The molecule has 0 radical (unpaired) electrons. The molecule has 0 aromatic heterocycles. The summed E-state index contributed by atoms with van der Waals surface area (Å²) in [5.41, 5.74) is 0.906. The van der Waals surface area contributed by atoms with Crippen LogP contribution in [0.4, 0.5) is 4.79 Å². The number of benzene rings is 1. The molecule has 3 fully saturated rings. The fourth-order valence-corrected chi connectivity index (χ4v) is 5.69. The van der Waals surface area contributed by atoms with Crippen molar-refractivity contribution in [2.75, 3.05) is 20.6 Å². The second-order valence-electron chi connectivity index (χ2n) is 11.7. The lowest BCUT2D eigenvalue weighted by Gasteiger charge is -2.41. The van der Waals surface area contributed by atoms with E-state index in [4.69, 9.17) is 14.2 Å². The summed E-state index contributed by atoms with van der Waals surface area (Å²) in [4.78, 5) is 16.9. The van der Waals surface area contributed by atoms with E-state index in [9.17, 15) is 4.79 Å². The zero-order valence-electron chi connectivity index (χ0n) is 21.8. The fourth-order valence-electron chi connectivity index (χ4n) is 5.69. The van der Waals surface area contributed by atoms with Crippen molar-refractivity contribution in [1.82, 2.24) is 9.80 Å². The molecule has 4 rings (SSSR count).